The first-order valence-electron chi connectivity index (χ1n) is 6.37. The lowest BCUT2D eigenvalue weighted by atomic mass is 9.75. The number of hydrogen-bond acceptors (Lipinski definition) is 3. The lowest BCUT2D eigenvalue weighted by Crippen LogP contribution is -2.41. The lowest BCUT2D eigenvalue weighted by molar-refractivity contribution is 0.152. The minimum absolute atomic E-state index is 0.348. The fourth-order valence-corrected chi connectivity index (χ4v) is 2.40. The number of nitrogens with one attached hydrogen (secondary N) is 1. The minimum atomic E-state index is -0.706. The van der Waals surface area contributed by atoms with Crippen LogP contribution in [0, 0.1) is 6.92 Å². The zero-order valence-electron chi connectivity index (χ0n) is 10.7. The average Bonchev–Trinajstić information content (AvgIpc) is 2.25. The van der Waals surface area contributed by atoms with Gasteiger partial charge in [-0.1, -0.05) is 29.8 Å². The van der Waals surface area contributed by atoms with Gasteiger partial charge in [-0.3, -0.25) is 0 Å². The number of nitrogens with two attached hydrogens (primary N) is 1. The number of primary amides is 1. The first-order valence-corrected chi connectivity index (χ1v) is 6.37. The van der Waals surface area contributed by atoms with E-state index in [0.29, 0.717) is 25.1 Å². The molecule has 2 rings (SSSR count). The van der Waals surface area contributed by atoms with Crippen molar-refractivity contribution in [3.05, 3.63) is 35.4 Å². The molecule has 0 heterocycles. The summed E-state index contributed by atoms with van der Waals surface area (Å²) in [6, 6.07) is 9.24. The van der Waals surface area contributed by atoms with Gasteiger partial charge in [0.25, 0.3) is 0 Å². The molecule has 0 aliphatic heterocycles. The maximum absolute atomic E-state index is 10.4. The van der Waals surface area contributed by atoms with E-state index in [1.807, 2.05) is 0 Å². The van der Waals surface area contributed by atoms with Gasteiger partial charge in [-0.2, -0.15) is 0 Å². The Hall–Kier alpha value is -1.55. The molecule has 1 saturated carbocycles. The van der Waals surface area contributed by atoms with Crippen LogP contribution in [0.5, 0.6) is 0 Å². The topological polar surface area (TPSA) is 64.3 Å². The van der Waals surface area contributed by atoms with Gasteiger partial charge in [0.05, 0.1) is 0 Å². The Morgan fingerprint density at radius 2 is 2.28 bits per heavy atom. The van der Waals surface area contributed by atoms with E-state index in [1.54, 1.807) is 0 Å². The molecule has 0 spiro atoms. The standard InChI is InChI=1S/C14H20N2O2/c1-10-3-2-4-11(7-10)12-8-13(9-12)16-5-6-18-14(15)17/h2-4,7,12-13,16H,5-6,8-9H2,1H3,(H2,15,17). The van der Waals surface area contributed by atoms with Crippen molar-refractivity contribution in [3.8, 4) is 0 Å². The molecule has 3 N–H and O–H groups in total. The normalized spacial score (nSPS) is 22.3. The van der Waals surface area contributed by atoms with Gasteiger partial charge < -0.3 is 15.8 Å². The van der Waals surface area contributed by atoms with E-state index in [9.17, 15) is 4.79 Å². The third-order valence-electron chi connectivity index (χ3n) is 3.43. The van der Waals surface area contributed by atoms with E-state index in [1.165, 1.54) is 11.1 Å². The molecule has 4 nitrogen and oxygen atoms in total. The summed E-state index contributed by atoms with van der Waals surface area (Å²) in [5, 5.41) is 3.36. The van der Waals surface area contributed by atoms with Crippen molar-refractivity contribution in [2.45, 2.75) is 31.7 Å². The van der Waals surface area contributed by atoms with Gasteiger partial charge in [-0.25, -0.2) is 4.79 Å². The molecule has 0 unspecified atom stereocenters. The average molecular weight is 248 g/mol. The number of ether oxygens (including phenoxy) is 1. The molecule has 0 saturated heterocycles. The summed E-state index contributed by atoms with van der Waals surface area (Å²) < 4.78 is 4.66. The fourth-order valence-electron chi connectivity index (χ4n) is 2.40. The number of aryl methyl sites for hydroxylation is 1. The van der Waals surface area contributed by atoms with Gasteiger partial charge >= 0.3 is 6.09 Å². The summed E-state index contributed by atoms with van der Waals surface area (Å²) >= 11 is 0. The molecule has 1 aliphatic rings. The molecular weight excluding hydrogens is 228 g/mol. The first-order chi connectivity index (χ1) is 8.65. The van der Waals surface area contributed by atoms with Crippen LogP contribution in [-0.2, 0) is 4.74 Å². The van der Waals surface area contributed by atoms with Gasteiger partial charge in [0.1, 0.15) is 6.61 Å². The summed E-state index contributed by atoms with van der Waals surface area (Å²) in [6.07, 6.45) is 1.60. The van der Waals surface area contributed by atoms with E-state index in [0.717, 1.165) is 12.8 Å². The Morgan fingerprint density at radius 1 is 1.50 bits per heavy atom. The number of rotatable bonds is 5. The Labute approximate surface area is 108 Å². The quantitative estimate of drug-likeness (QED) is 0.782. The second-order valence-corrected chi connectivity index (χ2v) is 4.90. The highest BCUT2D eigenvalue weighted by atomic mass is 16.5. The van der Waals surface area contributed by atoms with Crippen molar-refractivity contribution in [2.24, 2.45) is 5.73 Å². The maximum Gasteiger partial charge on any atom is 0.404 e. The first kappa shape index (κ1) is 12.9. The van der Waals surface area contributed by atoms with E-state index < -0.39 is 6.09 Å². The number of amides is 1. The van der Waals surface area contributed by atoms with Gasteiger partial charge in [0.2, 0.25) is 0 Å². The summed E-state index contributed by atoms with van der Waals surface area (Å²) in [5.74, 6) is 0.666. The van der Waals surface area contributed by atoms with Crippen LogP contribution in [0.2, 0.25) is 0 Å². The molecular formula is C14H20N2O2. The molecule has 1 amide bonds. The van der Waals surface area contributed by atoms with E-state index in [4.69, 9.17) is 5.73 Å². The largest absolute Gasteiger partial charge is 0.448 e. The zero-order chi connectivity index (χ0) is 13.0. The van der Waals surface area contributed by atoms with Crippen molar-refractivity contribution < 1.29 is 9.53 Å². The van der Waals surface area contributed by atoms with Crippen LogP contribution in [-0.4, -0.2) is 25.3 Å². The Morgan fingerprint density at radius 3 is 2.94 bits per heavy atom. The van der Waals surface area contributed by atoms with E-state index in [2.05, 4.69) is 41.2 Å². The Bertz CT molecular complexity index is 414. The van der Waals surface area contributed by atoms with Gasteiger partial charge in [0, 0.05) is 12.6 Å². The third-order valence-corrected chi connectivity index (χ3v) is 3.43. The monoisotopic (exact) mass is 248 g/mol. The summed E-state index contributed by atoms with van der Waals surface area (Å²) in [5.41, 5.74) is 7.63. The third kappa shape index (κ3) is 3.47. The number of carbonyl (C=O) groups is 1. The van der Waals surface area contributed by atoms with Crippen LogP contribution in [0.1, 0.15) is 29.9 Å². The Kier molecular flexibility index (Phi) is 4.20. The van der Waals surface area contributed by atoms with Crippen LogP contribution < -0.4 is 11.1 Å². The molecule has 0 aromatic heterocycles. The molecule has 1 aromatic rings. The fraction of sp³-hybridized carbons (Fsp3) is 0.500. The van der Waals surface area contributed by atoms with Crippen LogP contribution in [0.25, 0.3) is 0 Å². The molecule has 0 bridgehead atoms. The van der Waals surface area contributed by atoms with Crippen molar-refractivity contribution in [3.63, 3.8) is 0 Å². The summed E-state index contributed by atoms with van der Waals surface area (Å²) in [4.78, 5) is 10.4. The van der Waals surface area contributed by atoms with E-state index >= 15 is 0 Å². The van der Waals surface area contributed by atoms with Crippen LogP contribution in [0.3, 0.4) is 0 Å². The van der Waals surface area contributed by atoms with Crippen molar-refractivity contribution in [2.75, 3.05) is 13.2 Å². The molecule has 1 aliphatic carbocycles. The minimum Gasteiger partial charge on any atom is -0.448 e. The van der Waals surface area contributed by atoms with E-state index in [-0.39, 0.29) is 0 Å². The highest BCUT2D eigenvalue weighted by Gasteiger charge is 2.29. The smallest absolute Gasteiger partial charge is 0.404 e. The highest BCUT2D eigenvalue weighted by molar-refractivity contribution is 5.64. The Balaban J connectivity index is 1.66. The van der Waals surface area contributed by atoms with Gasteiger partial charge in [-0.05, 0) is 31.2 Å². The second-order valence-electron chi connectivity index (χ2n) is 4.90. The summed E-state index contributed by atoms with van der Waals surface area (Å²) in [7, 11) is 0. The van der Waals surface area contributed by atoms with Crippen molar-refractivity contribution >= 4 is 6.09 Å². The van der Waals surface area contributed by atoms with Crippen molar-refractivity contribution in [1.29, 1.82) is 0 Å². The second kappa shape index (κ2) is 5.87. The SMILES string of the molecule is Cc1cccc(C2CC(NCCOC(N)=O)C2)c1. The molecule has 0 atom stereocenters. The summed E-state index contributed by atoms with van der Waals surface area (Å²) in [6.45, 7) is 3.15. The predicted molar refractivity (Wildman–Crippen MR) is 70.5 cm³/mol. The van der Waals surface area contributed by atoms with Crippen LogP contribution in [0.15, 0.2) is 24.3 Å². The van der Waals surface area contributed by atoms with Gasteiger partial charge in [-0.15, -0.1) is 0 Å². The molecule has 0 radical (unpaired) electrons. The van der Waals surface area contributed by atoms with Gasteiger partial charge in [0.15, 0.2) is 0 Å². The molecule has 18 heavy (non-hydrogen) atoms. The number of carbonyl (C=O) groups excluding carboxylic acids is 1. The van der Waals surface area contributed by atoms with Crippen LogP contribution >= 0.6 is 0 Å². The zero-order valence-corrected chi connectivity index (χ0v) is 10.7. The van der Waals surface area contributed by atoms with Crippen molar-refractivity contribution in [1.82, 2.24) is 5.32 Å². The lowest BCUT2D eigenvalue weighted by Gasteiger charge is -2.36. The number of hydrogen-bond donors (Lipinski definition) is 2. The predicted octanol–water partition coefficient (Wildman–Crippen LogP) is 1.93. The van der Waals surface area contributed by atoms with Crippen LogP contribution in [0.4, 0.5) is 4.79 Å². The molecule has 4 heteroatoms. The molecule has 98 valence electrons. The molecule has 1 aromatic carbocycles. The number of benzene rings is 1. The highest BCUT2D eigenvalue weighted by Crippen LogP contribution is 2.36. The maximum atomic E-state index is 10.4. The molecule has 1 fully saturated rings.